The van der Waals surface area contributed by atoms with Crippen molar-refractivity contribution in [2.24, 2.45) is 5.92 Å². The van der Waals surface area contributed by atoms with Gasteiger partial charge in [0.1, 0.15) is 6.04 Å². The molecule has 1 aliphatic heterocycles. The molecule has 3 rings (SSSR count). The van der Waals surface area contributed by atoms with Gasteiger partial charge in [0.05, 0.1) is 15.7 Å². The van der Waals surface area contributed by atoms with Gasteiger partial charge in [-0.25, -0.2) is 0 Å². The van der Waals surface area contributed by atoms with Crippen LogP contribution >= 0.6 is 23.2 Å². The summed E-state index contributed by atoms with van der Waals surface area (Å²) in [5.74, 6) is 0.431. The predicted molar refractivity (Wildman–Crippen MR) is 105 cm³/mol. The van der Waals surface area contributed by atoms with E-state index in [9.17, 15) is 9.59 Å². The van der Waals surface area contributed by atoms with Crippen LogP contribution in [0.15, 0.2) is 18.2 Å². The number of nitrogens with zero attached hydrogens (tertiary/aromatic N) is 2. The Hall–Kier alpha value is -1.46. The summed E-state index contributed by atoms with van der Waals surface area (Å²) >= 11 is 12.6. The molecule has 0 aromatic heterocycles. The standard InChI is InChI=1S/C19H25Cl2N3O2/c1-13(25)22-17(12-14-4-2-5-14)19(26)24-10-8-23(9-11-24)18-15(20)6-3-7-16(18)21/h3,6-7,14,17H,2,4-5,8-12H2,1H3,(H,22,25)/t17-/m1/s1. The number of carbonyl (C=O) groups excluding carboxylic acids is 2. The molecular formula is C19H25Cl2N3O2. The molecule has 1 atom stereocenters. The molecule has 0 spiro atoms. The summed E-state index contributed by atoms with van der Waals surface area (Å²) in [4.78, 5) is 28.4. The van der Waals surface area contributed by atoms with E-state index >= 15 is 0 Å². The number of anilines is 1. The normalized spacial score (nSPS) is 19.0. The Bertz CT molecular complexity index is 650. The van der Waals surface area contributed by atoms with Crippen molar-refractivity contribution in [1.29, 1.82) is 0 Å². The molecule has 1 aromatic rings. The molecule has 1 aromatic carbocycles. The average molecular weight is 398 g/mol. The van der Waals surface area contributed by atoms with Crippen LogP contribution in [-0.4, -0.2) is 48.9 Å². The minimum atomic E-state index is -0.409. The van der Waals surface area contributed by atoms with Crippen LogP contribution in [0.5, 0.6) is 0 Å². The molecule has 0 bridgehead atoms. The minimum absolute atomic E-state index is 0.0250. The van der Waals surface area contributed by atoms with E-state index in [1.165, 1.54) is 13.3 Å². The summed E-state index contributed by atoms with van der Waals surface area (Å²) in [7, 11) is 0. The van der Waals surface area contributed by atoms with E-state index in [1.807, 2.05) is 23.1 Å². The van der Waals surface area contributed by atoms with Crippen LogP contribution < -0.4 is 10.2 Å². The summed E-state index contributed by atoms with van der Waals surface area (Å²) in [5.41, 5.74) is 0.829. The zero-order valence-electron chi connectivity index (χ0n) is 15.0. The lowest BCUT2D eigenvalue weighted by Crippen LogP contribution is -2.55. The Kier molecular flexibility index (Phi) is 6.30. The maximum Gasteiger partial charge on any atom is 0.245 e. The van der Waals surface area contributed by atoms with Gasteiger partial charge in [-0.2, -0.15) is 0 Å². The third-order valence-corrected chi connectivity index (χ3v) is 5.92. The Balaban J connectivity index is 1.62. The monoisotopic (exact) mass is 397 g/mol. The van der Waals surface area contributed by atoms with Crippen molar-refractivity contribution in [3.63, 3.8) is 0 Å². The number of benzene rings is 1. The molecule has 7 heteroatoms. The molecule has 0 unspecified atom stereocenters. The molecule has 2 fully saturated rings. The smallest absolute Gasteiger partial charge is 0.245 e. The molecule has 142 valence electrons. The van der Waals surface area contributed by atoms with Crippen molar-refractivity contribution in [3.8, 4) is 0 Å². The van der Waals surface area contributed by atoms with Gasteiger partial charge in [0, 0.05) is 33.1 Å². The zero-order valence-corrected chi connectivity index (χ0v) is 16.5. The number of halogens is 2. The fourth-order valence-electron chi connectivity index (χ4n) is 3.69. The number of carbonyl (C=O) groups is 2. The summed E-state index contributed by atoms with van der Waals surface area (Å²) in [5, 5.41) is 4.10. The fourth-order valence-corrected chi connectivity index (χ4v) is 4.33. The Morgan fingerprint density at radius 2 is 1.77 bits per heavy atom. The van der Waals surface area contributed by atoms with Gasteiger partial charge < -0.3 is 15.1 Å². The van der Waals surface area contributed by atoms with Crippen LogP contribution in [-0.2, 0) is 9.59 Å². The van der Waals surface area contributed by atoms with Crippen molar-refractivity contribution in [2.75, 3.05) is 31.1 Å². The maximum atomic E-state index is 12.9. The van der Waals surface area contributed by atoms with Gasteiger partial charge in [0.15, 0.2) is 0 Å². The maximum absolute atomic E-state index is 12.9. The topological polar surface area (TPSA) is 52.7 Å². The molecule has 1 saturated heterocycles. The van der Waals surface area contributed by atoms with E-state index in [0.29, 0.717) is 42.1 Å². The van der Waals surface area contributed by atoms with Crippen LogP contribution in [0, 0.1) is 5.92 Å². The van der Waals surface area contributed by atoms with Crippen LogP contribution in [0.4, 0.5) is 5.69 Å². The minimum Gasteiger partial charge on any atom is -0.366 e. The molecule has 1 saturated carbocycles. The molecular weight excluding hydrogens is 373 g/mol. The highest BCUT2D eigenvalue weighted by molar-refractivity contribution is 6.39. The van der Waals surface area contributed by atoms with Gasteiger partial charge >= 0.3 is 0 Å². The first-order chi connectivity index (χ1) is 12.5. The predicted octanol–water partition coefficient (Wildman–Crippen LogP) is 3.34. The highest BCUT2D eigenvalue weighted by Gasteiger charge is 2.32. The van der Waals surface area contributed by atoms with E-state index < -0.39 is 6.04 Å². The Morgan fingerprint density at radius 3 is 2.27 bits per heavy atom. The van der Waals surface area contributed by atoms with Crippen LogP contribution in [0.2, 0.25) is 10.0 Å². The molecule has 26 heavy (non-hydrogen) atoms. The number of rotatable bonds is 5. The second-order valence-corrected chi connectivity index (χ2v) is 7.98. The lowest BCUT2D eigenvalue weighted by atomic mass is 9.80. The van der Waals surface area contributed by atoms with E-state index in [-0.39, 0.29) is 11.8 Å². The lowest BCUT2D eigenvalue weighted by molar-refractivity contribution is -0.137. The molecule has 1 N–H and O–H groups in total. The van der Waals surface area contributed by atoms with E-state index in [4.69, 9.17) is 23.2 Å². The number of hydrogen-bond acceptors (Lipinski definition) is 3. The zero-order chi connectivity index (χ0) is 18.7. The van der Waals surface area contributed by atoms with Gasteiger partial charge in [-0.05, 0) is 24.5 Å². The first kappa shape index (κ1) is 19.3. The largest absolute Gasteiger partial charge is 0.366 e. The van der Waals surface area contributed by atoms with Crippen molar-refractivity contribution >= 4 is 40.7 Å². The first-order valence-electron chi connectivity index (χ1n) is 9.20. The van der Waals surface area contributed by atoms with Gasteiger partial charge in [-0.15, -0.1) is 0 Å². The van der Waals surface area contributed by atoms with Gasteiger partial charge in [-0.1, -0.05) is 48.5 Å². The van der Waals surface area contributed by atoms with Crippen LogP contribution in [0.3, 0.4) is 0 Å². The fraction of sp³-hybridized carbons (Fsp3) is 0.579. The van der Waals surface area contributed by atoms with Gasteiger partial charge in [0.25, 0.3) is 0 Å². The quantitative estimate of drug-likeness (QED) is 0.828. The first-order valence-corrected chi connectivity index (χ1v) is 9.96. The number of hydrogen-bond donors (Lipinski definition) is 1. The lowest BCUT2D eigenvalue weighted by Gasteiger charge is -2.39. The summed E-state index contributed by atoms with van der Waals surface area (Å²) in [6.45, 7) is 4.01. The molecule has 5 nitrogen and oxygen atoms in total. The number of para-hydroxylation sites is 1. The van der Waals surface area contributed by atoms with Crippen LogP contribution in [0.25, 0.3) is 0 Å². The number of piperazine rings is 1. The third-order valence-electron chi connectivity index (χ3n) is 5.31. The number of amides is 2. The SMILES string of the molecule is CC(=O)N[C@H](CC1CCC1)C(=O)N1CCN(c2c(Cl)cccc2Cl)CC1. The van der Waals surface area contributed by atoms with E-state index in [0.717, 1.165) is 24.9 Å². The molecule has 0 radical (unpaired) electrons. The van der Waals surface area contributed by atoms with E-state index in [2.05, 4.69) is 10.2 Å². The average Bonchev–Trinajstić information content (AvgIpc) is 2.56. The third kappa shape index (κ3) is 4.44. The molecule has 2 amide bonds. The highest BCUT2D eigenvalue weighted by atomic mass is 35.5. The summed E-state index contributed by atoms with van der Waals surface area (Å²) in [6, 6.07) is 5.07. The number of nitrogens with one attached hydrogen (secondary N) is 1. The van der Waals surface area contributed by atoms with E-state index in [1.54, 1.807) is 0 Å². The summed E-state index contributed by atoms with van der Waals surface area (Å²) in [6.07, 6.45) is 4.28. The van der Waals surface area contributed by atoms with Crippen molar-refractivity contribution in [2.45, 2.75) is 38.6 Å². The van der Waals surface area contributed by atoms with Crippen molar-refractivity contribution < 1.29 is 9.59 Å². The second kappa shape index (κ2) is 8.49. The summed E-state index contributed by atoms with van der Waals surface area (Å²) < 4.78 is 0. The van der Waals surface area contributed by atoms with Gasteiger partial charge in [-0.3, -0.25) is 9.59 Å². The van der Waals surface area contributed by atoms with Crippen LogP contribution in [0.1, 0.15) is 32.6 Å². The van der Waals surface area contributed by atoms with Crippen molar-refractivity contribution in [1.82, 2.24) is 10.2 Å². The molecule has 1 aliphatic carbocycles. The molecule has 1 heterocycles. The highest BCUT2D eigenvalue weighted by Crippen LogP contribution is 2.34. The Morgan fingerprint density at radius 1 is 1.15 bits per heavy atom. The van der Waals surface area contributed by atoms with Gasteiger partial charge in [0.2, 0.25) is 11.8 Å². The van der Waals surface area contributed by atoms with Crippen molar-refractivity contribution in [3.05, 3.63) is 28.2 Å². The molecule has 2 aliphatic rings. The Labute approximate surface area is 164 Å². The second-order valence-electron chi connectivity index (χ2n) is 7.17.